The fourth-order valence-corrected chi connectivity index (χ4v) is 5.93. The molecule has 2 aromatic heterocycles. The molecule has 264 valence electrons. The largest absolute Gasteiger partial charge is 0.478 e. The number of aromatic nitrogens is 2. The van der Waals surface area contributed by atoms with Crippen LogP contribution in [0.1, 0.15) is 92.1 Å². The van der Waals surface area contributed by atoms with Gasteiger partial charge >= 0.3 is 5.97 Å². The predicted octanol–water partition coefficient (Wildman–Crippen LogP) is 9.34. The van der Waals surface area contributed by atoms with Gasteiger partial charge in [0.15, 0.2) is 11.6 Å². The molecule has 1 amide bonds. The zero-order valence-electron chi connectivity index (χ0n) is 29.6. The number of rotatable bonds is 12. The first-order valence-corrected chi connectivity index (χ1v) is 17.1. The molecule has 4 aromatic carbocycles. The molecule has 0 saturated carbocycles. The minimum absolute atomic E-state index is 0.0151. The number of amides is 1. The van der Waals surface area contributed by atoms with Crippen LogP contribution < -0.4 is 16.4 Å². The first kappa shape index (κ1) is 36.9. The number of anilines is 4. The van der Waals surface area contributed by atoms with Crippen LogP contribution in [0, 0.1) is 13.8 Å². The molecule has 0 aliphatic rings. The molecule has 6 rings (SSSR count). The number of fused-ring (bicyclic) bond motifs is 2. The van der Waals surface area contributed by atoms with Gasteiger partial charge in [0.05, 0.1) is 44.7 Å². The maximum atomic E-state index is 12.6. The number of aromatic carboxylic acids is 1. The Morgan fingerprint density at radius 2 is 1.02 bits per heavy atom. The third-order valence-electron chi connectivity index (χ3n) is 8.66. The van der Waals surface area contributed by atoms with Gasteiger partial charge in [0.25, 0.3) is 5.91 Å². The quantitative estimate of drug-likeness (QED) is 0.0913. The van der Waals surface area contributed by atoms with Gasteiger partial charge in [-0.05, 0) is 62.1 Å². The van der Waals surface area contributed by atoms with Gasteiger partial charge in [-0.25, -0.2) is 4.79 Å². The van der Waals surface area contributed by atoms with Gasteiger partial charge in [-0.1, -0.05) is 74.5 Å². The van der Waals surface area contributed by atoms with Crippen molar-refractivity contribution in [1.29, 1.82) is 0 Å². The summed E-state index contributed by atoms with van der Waals surface area (Å²) in [6.07, 6.45) is 5.35. The first-order valence-electron chi connectivity index (χ1n) is 17.1. The molecule has 0 atom stereocenters. The van der Waals surface area contributed by atoms with E-state index in [0.717, 1.165) is 35.3 Å². The van der Waals surface area contributed by atoms with E-state index in [-0.39, 0.29) is 17.1 Å². The molecule has 0 fully saturated rings. The van der Waals surface area contributed by atoms with Crippen LogP contribution in [-0.4, -0.2) is 38.5 Å². The Morgan fingerprint density at radius 3 is 1.42 bits per heavy atom. The van der Waals surface area contributed by atoms with E-state index in [1.807, 2.05) is 82.3 Å². The van der Waals surface area contributed by atoms with Crippen LogP contribution in [0.3, 0.4) is 0 Å². The Hall–Kier alpha value is -6.42. The van der Waals surface area contributed by atoms with E-state index in [1.54, 1.807) is 24.3 Å². The molecule has 0 aliphatic heterocycles. The van der Waals surface area contributed by atoms with Crippen molar-refractivity contribution in [3.63, 3.8) is 0 Å². The summed E-state index contributed by atoms with van der Waals surface area (Å²) in [5, 5.41) is 17.5. The number of aryl methyl sites for hydroxylation is 2. The van der Waals surface area contributed by atoms with E-state index < -0.39 is 11.9 Å². The molecule has 0 saturated heterocycles. The van der Waals surface area contributed by atoms with Crippen LogP contribution in [0.15, 0.2) is 97.3 Å². The fourth-order valence-electron chi connectivity index (χ4n) is 5.93. The van der Waals surface area contributed by atoms with Gasteiger partial charge in [-0.15, -0.1) is 0 Å². The highest BCUT2D eigenvalue weighted by molar-refractivity contribution is 6.14. The smallest absolute Gasteiger partial charge is 0.337 e. The summed E-state index contributed by atoms with van der Waals surface area (Å²) >= 11 is 0. The highest BCUT2D eigenvalue weighted by Gasteiger charge is 2.20. The lowest BCUT2D eigenvalue weighted by atomic mass is 10.0. The highest BCUT2D eigenvalue weighted by atomic mass is 16.4. The monoisotopic (exact) mass is 695 g/mol. The first-order chi connectivity index (χ1) is 25.0. The maximum Gasteiger partial charge on any atom is 0.337 e. The lowest BCUT2D eigenvalue weighted by Crippen LogP contribution is -2.13. The molecule has 52 heavy (non-hydrogen) atoms. The van der Waals surface area contributed by atoms with Crippen molar-refractivity contribution in [3.05, 3.63) is 131 Å². The average Bonchev–Trinajstić information content (AvgIpc) is 3.13. The van der Waals surface area contributed by atoms with E-state index in [0.29, 0.717) is 62.7 Å². The van der Waals surface area contributed by atoms with Crippen molar-refractivity contribution >= 4 is 68.0 Å². The summed E-state index contributed by atoms with van der Waals surface area (Å²) in [6.45, 7) is 7.88. The minimum Gasteiger partial charge on any atom is -0.478 e. The Morgan fingerprint density at radius 1 is 0.596 bits per heavy atom. The lowest BCUT2D eigenvalue weighted by molar-refractivity contribution is 0.0698. The molecule has 5 N–H and O–H groups in total. The normalized spacial score (nSPS) is 10.7. The van der Waals surface area contributed by atoms with Crippen molar-refractivity contribution in [1.82, 2.24) is 9.97 Å². The molecule has 6 aromatic rings. The summed E-state index contributed by atoms with van der Waals surface area (Å²) < 4.78 is 0. The van der Waals surface area contributed by atoms with E-state index in [4.69, 9.17) is 5.73 Å². The second-order valence-corrected chi connectivity index (χ2v) is 12.4. The van der Waals surface area contributed by atoms with Crippen LogP contribution in [0.4, 0.5) is 22.7 Å². The van der Waals surface area contributed by atoms with Gasteiger partial charge in [0, 0.05) is 47.4 Å². The second-order valence-electron chi connectivity index (χ2n) is 12.4. The number of nitrogens with zero attached hydrogens (tertiary/aromatic N) is 2. The molecule has 10 heteroatoms. The summed E-state index contributed by atoms with van der Waals surface area (Å²) in [5.41, 5.74) is 12.9. The molecular weight excluding hydrogens is 654 g/mol. The van der Waals surface area contributed by atoms with Crippen molar-refractivity contribution in [3.8, 4) is 0 Å². The number of ketones is 2. The van der Waals surface area contributed by atoms with E-state index in [2.05, 4.69) is 20.6 Å². The second kappa shape index (κ2) is 16.5. The number of hydrogen-bond acceptors (Lipinski definition) is 8. The minimum atomic E-state index is -1.04. The van der Waals surface area contributed by atoms with Crippen LogP contribution >= 0.6 is 0 Å². The SMILES string of the molecule is CCCC(=O)c1cnc2c(C(=O)O)cccc2c1Nc1ccccc1C.CCCC(=O)c1cnc2c(C(N)=O)cccc2c1Nc1ccccc1C. The molecular formula is C42H41N5O5. The number of carbonyl (C=O) groups excluding carboxylic acids is 3. The third-order valence-corrected chi connectivity index (χ3v) is 8.66. The van der Waals surface area contributed by atoms with E-state index in [9.17, 15) is 24.3 Å². The number of pyridine rings is 2. The molecule has 2 heterocycles. The standard InChI is InChI=1S/C21H21N3O2.C21H20N2O3/c1-3-7-18(25)16-12-23-19-14(9-6-10-15(19)21(22)26)20(16)24-17-11-5-4-8-13(17)2;1-3-7-18(24)16-12-22-19-14(9-6-10-15(19)21(25)26)20(16)23-17-11-5-4-8-13(17)2/h4-6,8-12H,3,7H2,1-2H3,(H2,22,26)(H,23,24);4-6,8-12H,3,7H2,1-2H3,(H,22,23)(H,25,26). The summed E-state index contributed by atoms with van der Waals surface area (Å²) in [5.74, 6) is -1.59. The average molecular weight is 696 g/mol. The zero-order chi connectivity index (χ0) is 37.4. The van der Waals surface area contributed by atoms with Crippen molar-refractivity contribution in [2.75, 3.05) is 10.6 Å². The predicted molar refractivity (Wildman–Crippen MR) is 206 cm³/mol. The number of hydrogen-bond donors (Lipinski definition) is 4. The number of carbonyl (C=O) groups is 4. The number of nitrogens with two attached hydrogens (primary N) is 1. The summed E-state index contributed by atoms with van der Waals surface area (Å²) in [4.78, 5) is 57.2. The van der Waals surface area contributed by atoms with Crippen LogP contribution in [0.25, 0.3) is 21.8 Å². The number of benzene rings is 4. The van der Waals surface area contributed by atoms with Gasteiger partial charge in [-0.2, -0.15) is 0 Å². The van der Waals surface area contributed by atoms with Crippen molar-refractivity contribution < 1.29 is 24.3 Å². The topological polar surface area (TPSA) is 164 Å². The number of carboxylic acids is 1. The lowest BCUT2D eigenvalue weighted by Gasteiger charge is -2.16. The molecule has 0 aliphatic carbocycles. The molecule has 0 unspecified atom stereocenters. The number of para-hydroxylation sites is 4. The van der Waals surface area contributed by atoms with Crippen LogP contribution in [0.5, 0.6) is 0 Å². The Kier molecular flexibility index (Phi) is 11.7. The maximum absolute atomic E-state index is 12.6. The van der Waals surface area contributed by atoms with Gasteiger partial charge in [0.1, 0.15) is 0 Å². The Bertz CT molecular complexity index is 2150. The highest BCUT2D eigenvalue weighted by Crippen LogP contribution is 2.34. The van der Waals surface area contributed by atoms with E-state index >= 15 is 0 Å². The number of primary amides is 1. The Labute approximate surface area is 302 Å². The molecule has 10 nitrogen and oxygen atoms in total. The number of Topliss-reactive ketones (excluding diaryl/α,β-unsaturated/α-hetero) is 2. The number of carboxylic acid groups (broad SMARTS) is 1. The van der Waals surface area contributed by atoms with E-state index in [1.165, 1.54) is 18.5 Å². The van der Waals surface area contributed by atoms with Gasteiger partial charge < -0.3 is 21.5 Å². The summed E-state index contributed by atoms with van der Waals surface area (Å²) in [6, 6.07) is 25.8. The summed E-state index contributed by atoms with van der Waals surface area (Å²) in [7, 11) is 0. The van der Waals surface area contributed by atoms with Crippen LogP contribution in [-0.2, 0) is 0 Å². The fraction of sp³-hybridized carbons (Fsp3) is 0.190. The third kappa shape index (κ3) is 7.97. The molecule has 0 spiro atoms. The Balaban J connectivity index is 0.000000201. The van der Waals surface area contributed by atoms with Crippen molar-refractivity contribution in [2.24, 2.45) is 5.73 Å². The number of nitrogens with one attached hydrogen (secondary N) is 2. The van der Waals surface area contributed by atoms with Gasteiger partial charge in [-0.3, -0.25) is 24.4 Å². The van der Waals surface area contributed by atoms with Gasteiger partial charge in [0.2, 0.25) is 0 Å². The molecule has 0 radical (unpaired) electrons. The van der Waals surface area contributed by atoms with Crippen LogP contribution in [0.2, 0.25) is 0 Å². The molecule has 0 bridgehead atoms. The zero-order valence-corrected chi connectivity index (χ0v) is 29.6. The van der Waals surface area contributed by atoms with Crippen molar-refractivity contribution in [2.45, 2.75) is 53.4 Å².